The molecule has 4 aliphatic heterocycles. The molecule has 4 fully saturated rings. The number of hydrogen-bond donors (Lipinski definition) is 1. The van der Waals surface area contributed by atoms with E-state index in [9.17, 15) is 17.2 Å². The molecule has 5 aliphatic rings. The molecule has 1 saturated carbocycles. The number of anilines is 2. The third-order valence-electron chi connectivity index (χ3n) is 10.7. The average molecular weight is 736 g/mol. The molecule has 11 nitrogen and oxygen atoms in total. The van der Waals surface area contributed by atoms with Crippen molar-refractivity contribution in [2.45, 2.75) is 61.5 Å². The van der Waals surface area contributed by atoms with Crippen molar-refractivity contribution in [2.24, 2.45) is 0 Å². The summed E-state index contributed by atoms with van der Waals surface area (Å²) in [5.74, 6) is -0.896. The summed E-state index contributed by atoms with van der Waals surface area (Å²) in [6.07, 6.45) is 2.90. The number of ether oxygens (including phenoxy) is 2. The monoisotopic (exact) mass is 735 g/mol. The molecule has 6 heterocycles. The SMILES string of the molecule is Nc1nc2c(-c3c(Cl)c4c5c(nc(OC[C@@]67CCCN6C[C@H](F)C7)nc5c3F)N(C3CCN(S(=O)(=O)C5CC5)C3)CCO4)ccc(F)c2s1. The lowest BCUT2D eigenvalue weighted by atomic mass is 9.95. The van der Waals surface area contributed by atoms with Gasteiger partial charge in [-0.1, -0.05) is 22.9 Å². The Morgan fingerprint density at radius 1 is 1.10 bits per heavy atom. The number of benzene rings is 2. The van der Waals surface area contributed by atoms with Crippen LogP contribution in [0.15, 0.2) is 12.1 Å². The first kappa shape index (κ1) is 31.8. The maximum Gasteiger partial charge on any atom is 0.319 e. The van der Waals surface area contributed by atoms with E-state index in [1.165, 1.54) is 16.4 Å². The Morgan fingerprint density at radius 2 is 1.94 bits per heavy atom. The second kappa shape index (κ2) is 11.4. The molecule has 17 heteroatoms. The van der Waals surface area contributed by atoms with E-state index in [0.717, 1.165) is 30.7 Å². The molecule has 0 radical (unpaired) electrons. The number of nitrogens with two attached hydrogens (primary N) is 1. The Hall–Kier alpha value is -3.18. The fourth-order valence-electron chi connectivity index (χ4n) is 8.20. The van der Waals surface area contributed by atoms with Gasteiger partial charge in [-0.25, -0.2) is 26.6 Å². The van der Waals surface area contributed by atoms with Gasteiger partial charge in [0, 0.05) is 43.2 Å². The van der Waals surface area contributed by atoms with Crippen LogP contribution < -0.4 is 20.1 Å². The summed E-state index contributed by atoms with van der Waals surface area (Å²) in [7, 11) is -3.41. The Balaban J connectivity index is 1.19. The molecule has 2 N–H and O–H groups in total. The van der Waals surface area contributed by atoms with Crippen molar-refractivity contribution in [2.75, 3.05) is 56.6 Å². The average Bonchev–Trinajstić information content (AvgIpc) is 3.41. The van der Waals surface area contributed by atoms with Crippen molar-refractivity contribution in [3.63, 3.8) is 0 Å². The van der Waals surface area contributed by atoms with E-state index in [0.29, 0.717) is 51.1 Å². The number of thiazole rings is 1. The number of fused-ring (bicyclic) bond motifs is 2. The van der Waals surface area contributed by atoms with Gasteiger partial charge in [0.25, 0.3) is 0 Å². The number of alkyl halides is 1. The van der Waals surface area contributed by atoms with Gasteiger partial charge in [0.15, 0.2) is 16.7 Å². The van der Waals surface area contributed by atoms with Crippen molar-refractivity contribution in [1.29, 1.82) is 0 Å². The van der Waals surface area contributed by atoms with E-state index < -0.39 is 33.4 Å². The normalized spacial score (nSPS) is 26.1. The quantitative estimate of drug-likeness (QED) is 0.273. The van der Waals surface area contributed by atoms with Crippen molar-refractivity contribution >= 4 is 65.0 Å². The minimum atomic E-state index is -3.41. The largest absolute Gasteiger partial charge is 0.489 e. The molecule has 4 aromatic rings. The highest BCUT2D eigenvalue weighted by Gasteiger charge is 2.50. The summed E-state index contributed by atoms with van der Waals surface area (Å²) in [6, 6.07) is 2.23. The van der Waals surface area contributed by atoms with E-state index in [2.05, 4.69) is 14.9 Å². The number of nitrogen functional groups attached to an aromatic ring is 1. The molecule has 1 unspecified atom stereocenters. The minimum Gasteiger partial charge on any atom is -0.489 e. The highest BCUT2D eigenvalue weighted by molar-refractivity contribution is 7.90. The van der Waals surface area contributed by atoms with Crippen LogP contribution >= 0.6 is 22.9 Å². The number of hydrogen-bond acceptors (Lipinski definition) is 11. The van der Waals surface area contributed by atoms with Gasteiger partial charge >= 0.3 is 6.01 Å². The minimum absolute atomic E-state index is 0.0605. The highest BCUT2D eigenvalue weighted by atomic mass is 35.5. The first-order valence-corrected chi connectivity index (χ1v) is 19.2. The van der Waals surface area contributed by atoms with Crippen LogP contribution in [0.4, 0.5) is 24.1 Å². The number of sulfonamides is 1. The number of aromatic nitrogens is 3. The van der Waals surface area contributed by atoms with E-state index in [-0.39, 0.29) is 85.2 Å². The van der Waals surface area contributed by atoms with Crippen molar-refractivity contribution in [1.82, 2.24) is 24.2 Å². The molecule has 9 rings (SSSR count). The number of halogens is 4. The lowest BCUT2D eigenvalue weighted by Crippen LogP contribution is -2.43. The van der Waals surface area contributed by atoms with Crippen molar-refractivity contribution in [3.8, 4) is 22.9 Å². The van der Waals surface area contributed by atoms with Crippen LogP contribution in [0.1, 0.15) is 38.5 Å². The van der Waals surface area contributed by atoms with Crippen molar-refractivity contribution < 1.29 is 31.1 Å². The fraction of sp³-hybridized carbons (Fsp3) is 0.531. The van der Waals surface area contributed by atoms with E-state index in [1.807, 2.05) is 4.90 Å². The summed E-state index contributed by atoms with van der Waals surface area (Å²) in [6.45, 7) is 2.29. The van der Waals surface area contributed by atoms with Crippen LogP contribution in [0.5, 0.6) is 11.8 Å². The first-order valence-electron chi connectivity index (χ1n) is 16.5. The zero-order valence-electron chi connectivity index (χ0n) is 26.3. The second-order valence-electron chi connectivity index (χ2n) is 13.7. The van der Waals surface area contributed by atoms with Gasteiger partial charge in [0.05, 0.1) is 38.0 Å². The summed E-state index contributed by atoms with van der Waals surface area (Å²) in [5, 5.41) is -0.0617. The van der Waals surface area contributed by atoms with E-state index in [1.54, 1.807) is 0 Å². The smallest absolute Gasteiger partial charge is 0.319 e. The standard InChI is InChI=1S/C32H33ClF3N7O4S2/c33-23-21(19-4-5-20(35)28-25(19)38-30(37)48-28)24(36)26-22-27(23)46-11-10-43(17-6-9-42(14-17)49(44,45)18-2-3-18)29(22)40-31(39-26)47-15-32-7-1-8-41(32)13-16(34)12-32/h4-5,16-18H,1-3,6-15H2,(H2,37,38)/t16-,17?,32+/m1/s1. The van der Waals surface area contributed by atoms with Gasteiger partial charge in [-0.2, -0.15) is 14.3 Å². The Morgan fingerprint density at radius 3 is 2.76 bits per heavy atom. The molecule has 3 atom stereocenters. The third-order valence-corrected chi connectivity index (χ3v) is 14.3. The molecule has 2 aromatic heterocycles. The van der Waals surface area contributed by atoms with Gasteiger partial charge < -0.3 is 20.1 Å². The van der Waals surface area contributed by atoms with Crippen LogP contribution in [0.2, 0.25) is 5.02 Å². The predicted octanol–water partition coefficient (Wildman–Crippen LogP) is 5.14. The van der Waals surface area contributed by atoms with Crippen LogP contribution in [-0.4, -0.2) is 102 Å². The van der Waals surface area contributed by atoms with Crippen LogP contribution in [0, 0.1) is 11.6 Å². The molecular formula is C32H33ClF3N7O4S2. The molecule has 3 saturated heterocycles. The van der Waals surface area contributed by atoms with Gasteiger partial charge in [-0.3, -0.25) is 4.90 Å². The maximum absolute atomic E-state index is 17.1. The van der Waals surface area contributed by atoms with Gasteiger partial charge in [0.2, 0.25) is 10.0 Å². The van der Waals surface area contributed by atoms with Crippen LogP contribution in [0.25, 0.3) is 32.2 Å². The molecule has 1 aliphatic carbocycles. The Bertz CT molecular complexity index is 2140. The maximum atomic E-state index is 17.1. The summed E-state index contributed by atoms with van der Waals surface area (Å²) < 4.78 is 86.9. The lowest BCUT2D eigenvalue weighted by Gasteiger charge is -2.31. The topological polar surface area (TPSA) is 127 Å². The lowest BCUT2D eigenvalue weighted by molar-refractivity contribution is 0.107. The van der Waals surface area contributed by atoms with Gasteiger partial charge in [0.1, 0.15) is 36.5 Å². The number of nitrogens with zero attached hydrogens (tertiary/aromatic N) is 6. The van der Waals surface area contributed by atoms with Gasteiger partial charge in [-0.05, 0) is 50.8 Å². The molecular weight excluding hydrogens is 703 g/mol. The predicted molar refractivity (Wildman–Crippen MR) is 181 cm³/mol. The van der Waals surface area contributed by atoms with Crippen molar-refractivity contribution in [3.05, 3.63) is 28.8 Å². The molecule has 49 heavy (non-hydrogen) atoms. The zero-order valence-corrected chi connectivity index (χ0v) is 28.7. The van der Waals surface area contributed by atoms with Gasteiger partial charge in [-0.15, -0.1) is 0 Å². The molecule has 0 amide bonds. The fourth-order valence-corrected chi connectivity index (χ4v) is 11.2. The number of rotatable bonds is 7. The second-order valence-corrected chi connectivity index (χ2v) is 17.3. The van der Waals surface area contributed by atoms with E-state index in [4.69, 9.17) is 31.8 Å². The van der Waals surface area contributed by atoms with Crippen LogP contribution in [0.3, 0.4) is 0 Å². The Kier molecular flexibility index (Phi) is 7.40. The third kappa shape index (κ3) is 5.03. The molecule has 260 valence electrons. The highest BCUT2D eigenvalue weighted by Crippen LogP contribution is 2.50. The van der Waals surface area contributed by atoms with E-state index >= 15 is 4.39 Å². The summed E-state index contributed by atoms with van der Waals surface area (Å²) in [4.78, 5) is 17.7. The Labute approximate surface area is 289 Å². The first-order chi connectivity index (χ1) is 23.5. The summed E-state index contributed by atoms with van der Waals surface area (Å²) in [5.41, 5.74) is 5.60. The molecule has 2 aromatic carbocycles. The molecule has 0 spiro atoms. The zero-order chi connectivity index (χ0) is 33.8. The van der Waals surface area contributed by atoms with Crippen LogP contribution in [-0.2, 0) is 10.0 Å². The summed E-state index contributed by atoms with van der Waals surface area (Å²) >= 11 is 7.94. The molecule has 0 bridgehead atoms.